The molecule has 0 N–H and O–H groups in total. The second-order valence-electron chi connectivity index (χ2n) is 8.51. The first-order valence-corrected chi connectivity index (χ1v) is 12.3. The highest BCUT2D eigenvalue weighted by molar-refractivity contribution is 7.16. The van der Waals surface area contributed by atoms with Crippen molar-refractivity contribution in [1.29, 1.82) is 0 Å². The number of nitrogens with zero attached hydrogens (tertiary/aromatic N) is 8. The van der Waals surface area contributed by atoms with E-state index >= 15 is 0 Å². The van der Waals surface area contributed by atoms with Crippen LogP contribution in [0.15, 0.2) is 12.4 Å². The van der Waals surface area contributed by atoms with Crippen molar-refractivity contribution in [3.05, 3.63) is 29.1 Å². The van der Waals surface area contributed by atoms with Gasteiger partial charge in [0, 0.05) is 50.7 Å². The van der Waals surface area contributed by atoms with Crippen LogP contribution in [0.3, 0.4) is 0 Å². The Kier molecular flexibility index (Phi) is 7.92. The highest BCUT2D eigenvalue weighted by atomic mass is 32.1. The summed E-state index contributed by atoms with van der Waals surface area (Å²) in [5.74, 6) is 1.10. The van der Waals surface area contributed by atoms with Crippen LogP contribution >= 0.6 is 11.3 Å². The Morgan fingerprint density at radius 3 is 2.49 bits per heavy atom. The highest BCUT2D eigenvalue weighted by Crippen LogP contribution is 2.43. The highest BCUT2D eigenvalue weighted by Gasteiger charge is 2.38. The SMILES string of the molecule is COCCOc1ncc(-c2nc(C(F)(F)F)sc2N2CCN(C(=O)Cn3nc(C)nc3C)[C@H](C)C2)cn1. The van der Waals surface area contributed by atoms with E-state index in [2.05, 4.69) is 25.0 Å². The Balaban J connectivity index is 1.52. The van der Waals surface area contributed by atoms with Gasteiger partial charge in [0.1, 0.15) is 35.5 Å². The molecule has 3 aromatic rings. The molecule has 200 valence electrons. The quantitative estimate of drug-likeness (QED) is 0.398. The van der Waals surface area contributed by atoms with Crippen LogP contribution in [0.25, 0.3) is 11.3 Å². The first kappa shape index (κ1) is 26.7. The minimum absolute atomic E-state index is 0.0528. The zero-order valence-corrected chi connectivity index (χ0v) is 21.6. The van der Waals surface area contributed by atoms with Gasteiger partial charge in [-0.2, -0.15) is 18.3 Å². The molecule has 1 saturated heterocycles. The number of halogens is 3. The summed E-state index contributed by atoms with van der Waals surface area (Å²) in [5.41, 5.74) is 0.477. The number of ether oxygens (including phenoxy) is 2. The van der Waals surface area contributed by atoms with Crippen LogP contribution in [0.4, 0.5) is 18.2 Å². The fraction of sp³-hybridized carbons (Fsp3) is 0.545. The lowest BCUT2D eigenvalue weighted by Crippen LogP contribution is -2.54. The summed E-state index contributed by atoms with van der Waals surface area (Å²) < 4.78 is 52.6. The lowest BCUT2D eigenvalue weighted by molar-refractivity contribution is -0.137. The molecule has 15 heteroatoms. The third-order valence-electron chi connectivity index (χ3n) is 5.75. The van der Waals surface area contributed by atoms with Crippen molar-refractivity contribution in [2.75, 3.05) is 44.9 Å². The number of hydrogen-bond donors (Lipinski definition) is 0. The van der Waals surface area contributed by atoms with Gasteiger partial charge >= 0.3 is 12.2 Å². The zero-order chi connectivity index (χ0) is 26.7. The number of piperazine rings is 1. The summed E-state index contributed by atoms with van der Waals surface area (Å²) in [7, 11) is 1.53. The van der Waals surface area contributed by atoms with Gasteiger partial charge in [0.15, 0.2) is 0 Å². The van der Waals surface area contributed by atoms with E-state index in [1.165, 1.54) is 19.5 Å². The lowest BCUT2D eigenvalue weighted by Gasteiger charge is -2.40. The van der Waals surface area contributed by atoms with Gasteiger partial charge < -0.3 is 19.3 Å². The molecule has 0 aromatic carbocycles. The van der Waals surface area contributed by atoms with E-state index in [0.29, 0.717) is 59.8 Å². The maximum Gasteiger partial charge on any atom is 0.443 e. The third kappa shape index (κ3) is 6.15. The minimum atomic E-state index is -4.60. The molecule has 0 unspecified atom stereocenters. The molecular formula is C22H27F3N8O3S. The van der Waals surface area contributed by atoms with Gasteiger partial charge in [-0.1, -0.05) is 11.3 Å². The Labute approximate surface area is 215 Å². The van der Waals surface area contributed by atoms with E-state index in [4.69, 9.17) is 9.47 Å². The second-order valence-corrected chi connectivity index (χ2v) is 9.49. The van der Waals surface area contributed by atoms with Gasteiger partial charge in [0.25, 0.3) is 0 Å². The van der Waals surface area contributed by atoms with E-state index in [0.717, 1.165) is 0 Å². The largest absolute Gasteiger partial charge is 0.461 e. The molecule has 1 atom stereocenters. The average molecular weight is 541 g/mol. The normalized spacial score (nSPS) is 16.4. The molecule has 37 heavy (non-hydrogen) atoms. The number of thiazole rings is 1. The maximum absolute atomic E-state index is 13.6. The van der Waals surface area contributed by atoms with Gasteiger partial charge in [0.2, 0.25) is 10.9 Å². The summed E-state index contributed by atoms with van der Waals surface area (Å²) in [6.07, 6.45) is -1.82. The summed E-state index contributed by atoms with van der Waals surface area (Å²) in [4.78, 5) is 32.8. The van der Waals surface area contributed by atoms with Crippen molar-refractivity contribution in [3.63, 3.8) is 0 Å². The zero-order valence-electron chi connectivity index (χ0n) is 20.8. The molecule has 0 spiro atoms. The molecule has 1 fully saturated rings. The molecule has 1 aliphatic heterocycles. The summed E-state index contributed by atoms with van der Waals surface area (Å²) >= 11 is 0.569. The second kappa shape index (κ2) is 11.0. The number of methoxy groups -OCH3 is 1. The lowest BCUT2D eigenvalue weighted by atomic mass is 10.1. The van der Waals surface area contributed by atoms with E-state index in [1.54, 1.807) is 23.4 Å². The number of carbonyl (C=O) groups is 1. The van der Waals surface area contributed by atoms with Gasteiger partial charge in [0.05, 0.1) is 6.61 Å². The van der Waals surface area contributed by atoms with E-state index < -0.39 is 11.2 Å². The van der Waals surface area contributed by atoms with E-state index in [9.17, 15) is 18.0 Å². The van der Waals surface area contributed by atoms with Gasteiger partial charge in [-0.05, 0) is 20.8 Å². The molecule has 0 radical (unpaired) electrons. The minimum Gasteiger partial charge on any atom is -0.461 e. The summed E-state index contributed by atoms with van der Waals surface area (Å²) in [6, 6.07) is -0.157. The van der Waals surface area contributed by atoms with Crippen molar-refractivity contribution in [3.8, 4) is 17.3 Å². The number of anilines is 1. The first-order chi connectivity index (χ1) is 17.6. The van der Waals surface area contributed by atoms with Crippen LogP contribution in [-0.4, -0.2) is 86.5 Å². The smallest absolute Gasteiger partial charge is 0.443 e. The molecule has 4 heterocycles. The number of aromatic nitrogens is 6. The average Bonchev–Trinajstić information content (AvgIpc) is 3.43. The van der Waals surface area contributed by atoms with Crippen molar-refractivity contribution in [1.82, 2.24) is 34.6 Å². The first-order valence-electron chi connectivity index (χ1n) is 11.5. The van der Waals surface area contributed by atoms with E-state index in [-0.39, 0.29) is 36.8 Å². The summed E-state index contributed by atoms with van der Waals surface area (Å²) in [5, 5.41) is 3.63. The monoisotopic (exact) mass is 540 g/mol. The van der Waals surface area contributed by atoms with Crippen molar-refractivity contribution < 1.29 is 27.4 Å². The van der Waals surface area contributed by atoms with Crippen molar-refractivity contribution in [2.45, 2.75) is 39.5 Å². The van der Waals surface area contributed by atoms with Gasteiger partial charge in [-0.3, -0.25) is 4.79 Å². The molecular weight excluding hydrogens is 513 g/mol. The predicted octanol–water partition coefficient (Wildman–Crippen LogP) is 2.59. The van der Waals surface area contributed by atoms with Crippen LogP contribution < -0.4 is 9.64 Å². The summed E-state index contributed by atoms with van der Waals surface area (Å²) in [6.45, 7) is 7.07. The fourth-order valence-electron chi connectivity index (χ4n) is 4.01. The van der Waals surface area contributed by atoms with Crippen LogP contribution in [0.2, 0.25) is 0 Å². The molecule has 0 saturated carbocycles. The van der Waals surface area contributed by atoms with Gasteiger partial charge in [-0.15, -0.1) is 0 Å². The van der Waals surface area contributed by atoms with Gasteiger partial charge in [-0.25, -0.2) is 24.6 Å². The maximum atomic E-state index is 13.6. The number of carbonyl (C=O) groups excluding carboxylic acids is 1. The van der Waals surface area contributed by atoms with Crippen LogP contribution in [-0.2, 0) is 22.3 Å². The molecule has 0 aliphatic carbocycles. The third-order valence-corrected chi connectivity index (χ3v) is 6.92. The van der Waals surface area contributed by atoms with E-state index in [1.807, 2.05) is 11.8 Å². The number of amides is 1. The molecule has 1 aliphatic rings. The molecule has 11 nitrogen and oxygen atoms in total. The number of alkyl halides is 3. The Hall–Kier alpha value is -3.33. The predicted molar refractivity (Wildman–Crippen MR) is 128 cm³/mol. The molecule has 3 aromatic heterocycles. The van der Waals surface area contributed by atoms with Crippen molar-refractivity contribution >= 4 is 22.2 Å². The fourth-order valence-corrected chi connectivity index (χ4v) is 5.00. The molecule has 4 rings (SSSR count). The number of rotatable bonds is 8. The molecule has 0 bridgehead atoms. The van der Waals surface area contributed by atoms with Crippen LogP contribution in [0.1, 0.15) is 23.6 Å². The Morgan fingerprint density at radius 1 is 1.16 bits per heavy atom. The standard InChI is InChI=1S/C22H27F3N8O3S/c1-13-11-31(5-6-32(13)17(34)12-33-15(3)28-14(2)30-33)19-18(29-20(37-19)22(23,24)25)16-9-26-21(27-10-16)36-8-7-35-4/h9-10,13H,5-8,11-12H2,1-4H3/t13-/m1/s1. The van der Waals surface area contributed by atoms with Crippen molar-refractivity contribution in [2.24, 2.45) is 0 Å². The Bertz CT molecular complexity index is 1230. The Morgan fingerprint density at radius 2 is 1.89 bits per heavy atom. The molecule has 1 amide bonds. The number of hydrogen-bond acceptors (Lipinski definition) is 10. The van der Waals surface area contributed by atoms with Crippen LogP contribution in [0.5, 0.6) is 6.01 Å². The van der Waals surface area contributed by atoms with Crippen LogP contribution in [0, 0.1) is 13.8 Å². The topological polar surface area (TPSA) is 111 Å². The number of aryl methyl sites for hydroxylation is 2.